The molecule has 0 amide bonds. The molecule has 3 heteroatoms. The molecule has 1 saturated carbocycles. The first kappa shape index (κ1) is 12.6. The molecule has 0 aliphatic heterocycles. The fourth-order valence-corrected chi connectivity index (χ4v) is 2.93. The van der Waals surface area contributed by atoms with Gasteiger partial charge in [-0.15, -0.1) is 11.6 Å². The van der Waals surface area contributed by atoms with E-state index < -0.39 is 0 Å². The van der Waals surface area contributed by atoms with Crippen molar-refractivity contribution in [1.29, 1.82) is 0 Å². The monoisotopic (exact) mass is 254 g/mol. The van der Waals surface area contributed by atoms with Crippen molar-refractivity contribution in [1.82, 2.24) is 0 Å². The van der Waals surface area contributed by atoms with Gasteiger partial charge in [-0.05, 0) is 36.5 Å². The van der Waals surface area contributed by atoms with Gasteiger partial charge >= 0.3 is 0 Å². The first-order valence-electron chi connectivity index (χ1n) is 6.12. The van der Waals surface area contributed by atoms with Gasteiger partial charge in [-0.25, -0.2) is 0 Å². The van der Waals surface area contributed by atoms with E-state index in [0.29, 0.717) is 5.92 Å². The highest BCUT2D eigenvalue weighted by molar-refractivity contribution is 6.21. The SMILES string of the molecule is COc1ccc(C(Cl)C2CCCC2)cc1OC. The standard InChI is InChI=1S/C14H19ClO2/c1-16-12-8-7-11(9-13(12)17-2)14(15)10-5-3-4-6-10/h7-10,14H,3-6H2,1-2H3. The van der Waals surface area contributed by atoms with E-state index in [2.05, 4.69) is 0 Å². The number of methoxy groups -OCH3 is 2. The molecule has 1 unspecified atom stereocenters. The van der Waals surface area contributed by atoms with Crippen molar-refractivity contribution in [3.63, 3.8) is 0 Å². The van der Waals surface area contributed by atoms with Crippen LogP contribution in [-0.2, 0) is 0 Å². The number of alkyl halides is 1. The topological polar surface area (TPSA) is 18.5 Å². The fraction of sp³-hybridized carbons (Fsp3) is 0.571. The second-order valence-electron chi connectivity index (χ2n) is 4.56. The van der Waals surface area contributed by atoms with Gasteiger partial charge in [0.05, 0.1) is 19.6 Å². The minimum Gasteiger partial charge on any atom is -0.493 e. The molecule has 0 N–H and O–H groups in total. The Bertz CT molecular complexity index is 372. The van der Waals surface area contributed by atoms with E-state index >= 15 is 0 Å². The smallest absolute Gasteiger partial charge is 0.161 e. The average molecular weight is 255 g/mol. The van der Waals surface area contributed by atoms with Gasteiger partial charge in [0.25, 0.3) is 0 Å². The van der Waals surface area contributed by atoms with Crippen LogP contribution in [0.5, 0.6) is 11.5 Å². The van der Waals surface area contributed by atoms with Crippen LogP contribution in [-0.4, -0.2) is 14.2 Å². The van der Waals surface area contributed by atoms with Gasteiger partial charge in [0.2, 0.25) is 0 Å². The van der Waals surface area contributed by atoms with Gasteiger partial charge in [0.15, 0.2) is 11.5 Å². The van der Waals surface area contributed by atoms with Crippen molar-refractivity contribution in [3.8, 4) is 11.5 Å². The van der Waals surface area contributed by atoms with Crippen LogP contribution in [0.1, 0.15) is 36.6 Å². The lowest BCUT2D eigenvalue weighted by molar-refractivity contribution is 0.354. The predicted octanol–water partition coefficient (Wildman–Crippen LogP) is 4.17. The Kier molecular flexibility index (Phi) is 4.16. The average Bonchev–Trinajstić information content (AvgIpc) is 2.90. The Morgan fingerprint density at radius 3 is 2.35 bits per heavy atom. The largest absolute Gasteiger partial charge is 0.493 e. The number of hydrogen-bond acceptors (Lipinski definition) is 2. The minimum absolute atomic E-state index is 0.0947. The summed E-state index contributed by atoms with van der Waals surface area (Å²) >= 11 is 6.54. The molecule has 2 rings (SSSR count). The fourth-order valence-electron chi connectivity index (χ4n) is 2.55. The minimum atomic E-state index is 0.0947. The summed E-state index contributed by atoms with van der Waals surface area (Å²) in [7, 11) is 3.30. The van der Waals surface area contributed by atoms with Crippen LogP contribution in [0, 0.1) is 5.92 Å². The van der Waals surface area contributed by atoms with Crippen molar-refractivity contribution in [3.05, 3.63) is 23.8 Å². The molecule has 1 aliphatic carbocycles. The Hall–Kier alpha value is -0.890. The lowest BCUT2D eigenvalue weighted by Crippen LogP contribution is -2.04. The molecule has 17 heavy (non-hydrogen) atoms. The number of hydrogen-bond donors (Lipinski definition) is 0. The number of ether oxygens (including phenoxy) is 2. The molecule has 2 nitrogen and oxygen atoms in total. The molecule has 0 heterocycles. The zero-order chi connectivity index (χ0) is 12.3. The molecular weight excluding hydrogens is 236 g/mol. The Labute approximate surface area is 108 Å². The molecule has 0 aromatic heterocycles. The van der Waals surface area contributed by atoms with Crippen molar-refractivity contribution >= 4 is 11.6 Å². The molecule has 0 spiro atoms. The molecule has 0 radical (unpaired) electrons. The van der Waals surface area contributed by atoms with Gasteiger partial charge in [0, 0.05) is 0 Å². The summed E-state index contributed by atoms with van der Waals surface area (Å²) < 4.78 is 10.5. The van der Waals surface area contributed by atoms with Gasteiger partial charge in [-0.1, -0.05) is 18.9 Å². The van der Waals surface area contributed by atoms with E-state index in [1.807, 2.05) is 18.2 Å². The normalized spacial score (nSPS) is 18.1. The second-order valence-corrected chi connectivity index (χ2v) is 5.03. The zero-order valence-electron chi connectivity index (χ0n) is 10.4. The molecule has 0 saturated heterocycles. The molecular formula is C14H19ClO2. The lowest BCUT2D eigenvalue weighted by Gasteiger charge is -2.18. The van der Waals surface area contributed by atoms with Crippen molar-refractivity contribution in [2.45, 2.75) is 31.1 Å². The van der Waals surface area contributed by atoms with Gasteiger partial charge in [-0.2, -0.15) is 0 Å². The first-order valence-corrected chi connectivity index (χ1v) is 6.56. The van der Waals surface area contributed by atoms with E-state index in [0.717, 1.165) is 17.1 Å². The van der Waals surface area contributed by atoms with Crippen LogP contribution < -0.4 is 9.47 Å². The maximum absolute atomic E-state index is 6.54. The Balaban J connectivity index is 2.20. The third-order valence-corrected chi connectivity index (χ3v) is 4.15. The highest BCUT2D eigenvalue weighted by Gasteiger charge is 2.25. The van der Waals surface area contributed by atoms with Crippen molar-refractivity contribution in [2.75, 3.05) is 14.2 Å². The number of benzene rings is 1. The molecule has 94 valence electrons. The molecule has 0 bridgehead atoms. The first-order chi connectivity index (χ1) is 8.26. The number of rotatable bonds is 4. The van der Waals surface area contributed by atoms with E-state index in [-0.39, 0.29) is 5.38 Å². The Morgan fingerprint density at radius 1 is 1.12 bits per heavy atom. The van der Waals surface area contributed by atoms with Crippen LogP contribution in [0.3, 0.4) is 0 Å². The quantitative estimate of drug-likeness (QED) is 0.751. The summed E-state index contributed by atoms with van der Waals surface area (Å²) in [5.41, 5.74) is 1.14. The van der Waals surface area contributed by atoms with Crippen molar-refractivity contribution in [2.24, 2.45) is 5.92 Å². The van der Waals surface area contributed by atoms with E-state index in [1.165, 1.54) is 25.7 Å². The predicted molar refractivity (Wildman–Crippen MR) is 70.1 cm³/mol. The molecule has 1 fully saturated rings. The van der Waals surface area contributed by atoms with Crippen LogP contribution in [0.15, 0.2) is 18.2 Å². The van der Waals surface area contributed by atoms with Crippen molar-refractivity contribution < 1.29 is 9.47 Å². The maximum atomic E-state index is 6.54. The third kappa shape index (κ3) is 2.68. The summed E-state index contributed by atoms with van der Waals surface area (Å²) in [6.45, 7) is 0. The summed E-state index contributed by atoms with van der Waals surface area (Å²) in [6, 6.07) is 5.96. The third-order valence-electron chi connectivity index (χ3n) is 3.54. The van der Waals surface area contributed by atoms with E-state index in [1.54, 1.807) is 14.2 Å². The van der Waals surface area contributed by atoms with Crippen LogP contribution in [0.25, 0.3) is 0 Å². The van der Waals surface area contributed by atoms with Gasteiger partial charge in [-0.3, -0.25) is 0 Å². The highest BCUT2D eigenvalue weighted by Crippen LogP contribution is 2.42. The lowest BCUT2D eigenvalue weighted by atomic mass is 9.97. The second kappa shape index (κ2) is 5.63. The summed E-state index contributed by atoms with van der Waals surface area (Å²) in [4.78, 5) is 0. The highest BCUT2D eigenvalue weighted by atomic mass is 35.5. The van der Waals surface area contributed by atoms with Gasteiger partial charge < -0.3 is 9.47 Å². The van der Waals surface area contributed by atoms with E-state index in [4.69, 9.17) is 21.1 Å². The summed E-state index contributed by atoms with van der Waals surface area (Å²) in [5, 5.41) is 0.0947. The van der Waals surface area contributed by atoms with Gasteiger partial charge in [0.1, 0.15) is 0 Å². The van der Waals surface area contributed by atoms with E-state index in [9.17, 15) is 0 Å². The van der Waals surface area contributed by atoms with Crippen LogP contribution in [0.2, 0.25) is 0 Å². The molecule has 1 aromatic carbocycles. The van der Waals surface area contributed by atoms with Crippen LogP contribution >= 0.6 is 11.6 Å². The summed E-state index contributed by atoms with van der Waals surface area (Å²) in [6.07, 6.45) is 5.09. The van der Waals surface area contributed by atoms with Crippen LogP contribution in [0.4, 0.5) is 0 Å². The zero-order valence-corrected chi connectivity index (χ0v) is 11.2. The number of halogens is 1. The molecule has 1 aromatic rings. The molecule has 1 aliphatic rings. The maximum Gasteiger partial charge on any atom is 0.161 e. The molecule has 1 atom stereocenters. The summed E-state index contributed by atoms with van der Waals surface area (Å²) in [5.74, 6) is 2.12. The Morgan fingerprint density at radius 2 is 1.76 bits per heavy atom.